The lowest BCUT2D eigenvalue weighted by Crippen LogP contribution is -2.01. The second-order valence-electron chi connectivity index (χ2n) is 6.91. The molecule has 24 heavy (non-hydrogen) atoms. The monoisotopic (exact) mass is 349 g/mol. The molecule has 1 nitrogen and oxygen atoms in total. The molecule has 0 unspecified atom stereocenters. The highest BCUT2D eigenvalue weighted by Crippen LogP contribution is 2.14. The van der Waals surface area contributed by atoms with Gasteiger partial charge in [-0.25, -0.2) is 0 Å². The molecule has 0 bridgehead atoms. The van der Waals surface area contributed by atoms with Crippen molar-refractivity contribution in [1.82, 2.24) is 0 Å². The van der Waals surface area contributed by atoms with E-state index in [-0.39, 0.29) is 0 Å². The molecule has 2 heteroatoms. The third-order valence-corrected chi connectivity index (χ3v) is 4.89. The lowest BCUT2D eigenvalue weighted by molar-refractivity contribution is 0.899. The topological polar surface area (TPSA) is 26.0 Å². The summed E-state index contributed by atoms with van der Waals surface area (Å²) in [6.07, 6.45) is 16.6. The molecule has 2 N–H and O–H groups in total. The molecule has 0 fully saturated rings. The highest BCUT2D eigenvalue weighted by molar-refractivity contribution is 7.99. The normalized spacial score (nSPS) is 13.3. The minimum Gasteiger partial charge on any atom is -0.330 e. The molecule has 0 radical (unpaired) electrons. The highest BCUT2D eigenvalue weighted by atomic mass is 32.2. The van der Waals surface area contributed by atoms with E-state index in [2.05, 4.69) is 58.9 Å². The first-order valence-electron chi connectivity index (χ1n) is 9.33. The minimum absolute atomic E-state index is 0.780. The van der Waals surface area contributed by atoms with Gasteiger partial charge < -0.3 is 5.73 Å². The van der Waals surface area contributed by atoms with Gasteiger partial charge in [0, 0.05) is 18.1 Å². The summed E-state index contributed by atoms with van der Waals surface area (Å²) in [6, 6.07) is 0. The fourth-order valence-corrected chi connectivity index (χ4v) is 3.09. The molecular formula is C22H39NS. The summed E-state index contributed by atoms with van der Waals surface area (Å²) < 4.78 is 0. The van der Waals surface area contributed by atoms with Crippen LogP contribution < -0.4 is 5.73 Å². The molecule has 0 atom stereocenters. The summed E-state index contributed by atoms with van der Waals surface area (Å²) in [5, 5.41) is 0. The Kier molecular flexibility index (Phi) is 15.3. The van der Waals surface area contributed by atoms with Crippen LogP contribution in [0.2, 0.25) is 0 Å². The fraction of sp³-hybridized carbons (Fsp3) is 0.636. The maximum Gasteiger partial charge on any atom is 0.0116 e. The van der Waals surface area contributed by atoms with Crippen molar-refractivity contribution < 1.29 is 0 Å². The second kappa shape index (κ2) is 15.8. The lowest BCUT2D eigenvalue weighted by atomic mass is 10.0. The van der Waals surface area contributed by atoms with Gasteiger partial charge >= 0.3 is 0 Å². The van der Waals surface area contributed by atoms with Gasteiger partial charge in [0.2, 0.25) is 0 Å². The molecular weight excluding hydrogens is 310 g/mol. The van der Waals surface area contributed by atoms with Crippen LogP contribution in [0.4, 0.5) is 0 Å². The lowest BCUT2D eigenvalue weighted by Gasteiger charge is -2.03. The van der Waals surface area contributed by atoms with Crippen molar-refractivity contribution >= 4 is 11.8 Å². The number of nitrogens with two attached hydrogens (primary N) is 1. The summed E-state index contributed by atoms with van der Waals surface area (Å²) in [5.74, 6) is 2.16. The molecule has 0 aliphatic carbocycles. The SMILES string of the molecule is CC(C)=CCC/C(C)=C/CC/C(C)=C/CC/C(C)=C/CSCCN. The van der Waals surface area contributed by atoms with E-state index in [0.717, 1.165) is 18.1 Å². The van der Waals surface area contributed by atoms with Crippen molar-refractivity contribution in [2.45, 2.75) is 73.1 Å². The van der Waals surface area contributed by atoms with E-state index in [1.807, 2.05) is 11.8 Å². The van der Waals surface area contributed by atoms with Gasteiger partial charge in [0.25, 0.3) is 0 Å². The standard InChI is InChI=1S/C22H39NS/c1-19(2)9-6-10-20(3)11-7-12-21(4)13-8-14-22(5)15-17-24-18-16-23/h9,11,13,15H,6-8,10,12,14,16-18,23H2,1-5H3/b20-11+,21-13+,22-15+. The predicted molar refractivity (Wildman–Crippen MR) is 115 cm³/mol. The van der Waals surface area contributed by atoms with E-state index in [4.69, 9.17) is 5.73 Å². The largest absolute Gasteiger partial charge is 0.330 e. The zero-order valence-corrected chi connectivity index (χ0v) is 17.5. The summed E-state index contributed by atoms with van der Waals surface area (Å²) in [4.78, 5) is 0. The van der Waals surface area contributed by atoms with Crippen molar-refractivity contribution in [3.63, 3.8) is 0 Å². The number of rotatable bonds is 13. The van der Waals surface area contributed by atoms with E-state index >= 15 is 0 Å². The van der Waals surface area contributed by atoms with Crippen LogP contribution in [0, 0.1) is 0 Å². The number of hydrogen-bond donors (Lipinski definition) is 1. The Labute approximate surface area is 155 Å². The Balaban J connectivity index is 3.92. The average molecular weight is 350 g/mol. The zero-order chi connectivity index (χ0) is 18.2. The number of allylic oxidation sites excluding steroid dienone is 7. The Morgan fingerprint density at radius 2 is 1.17 bits per heavy atom. The van der Waals surface area contributed by atoms with Crippen LogP contribution in [0.25, 0.3) is 0 Å². The molecule has 0 aromatic rings. The van der Waals surface area contributed by atoms with E-state index in [1.54, 1.807) is 0 Å². The molecule has 0 rings (SSSR count). The van der Waals surface area contributed by atoms with Gasteiger partial charge in [-0.05, 0) is 73.1 Å². The first kappa shape index (κ1) is 23.3. The van der Waals surface area contributed by atoms with E-state index < -0.39 is 0 Å². The maximum absolute atomic E-state index is 5.50. The van der Waals surface area contributed by atoms with Crippen LogP contribution in [0.1, 0.15) is 73.1 Å². The Morgan fingerprint density at radius 1 is 0.708 bits per heavy atom. The molecule has 0 saturated carbocycles. The molecule has 0 aromatic carbocycles. The molecule has 0 aliphatic rings. The summed E-state index contributed by atoms with van der Waals surface area (Å²) >= 11 is 1.92. The van der Waals surface area contributed by atoms with Gasteiger partial charge in [-0.2, -0.15) is 11.8 Å². The van der Waals surface area contributed by atoms with Crippen molar-refractivity contribution in [2.75, 3.05) is 18.1 Å². The molecule has 0 aliphatic heterocycles. The van der Waals surface area contributed by atoms with E-state index in [9.17, 15) is 0 Å². The van der Waals surface area contributed by atoms with Gasteiger partial charge in [-0.3, -0.25) is 0 Å². The molecule has 0 aromatic heterocycles. The Hall–Kier alpha value is -0.730. The van der Waals surface area contributed by atoms with Gasteiger partial charge in [0.1, 0.15) is 0 Å². The molecule has 0 amide bonds. The first-order chi connectivity index (χ1) is 11.5. The van der Waals surface area contributed by atoms with Crippen LogP contribution in [0.3, 0.4) is 0 Å². The van der Waals surface area contributed by atoms with Crippen molar-refractivity contribution in [2.24, 2.45) is 5.73 Å². The van der Waals surface area contributed by atoms with Gasteiger partial charge in [0.15, 0.2) is 0 Å². The van der Waals surface area contributed by atoms with Crippen LogP contribution >= 0.6 is 11.8 Å². The molecule has 0 spiro atoms. The summed E-state index contributed by atoms with van der Waals surface area (Å²) in [7, 11) is 0. The minimum atomic E-state index is 0.780. The highest BCUT2D eigenvalue weighted by Gasteiger charge is 1.94. The van der Waals surface area contributed by atoms with Crippen LogP contribution in [-0.2, 0) is 0 Å². The quantitative estimate of drug-likeness (QED) is 0.291. The van der Waals surface area contributed by atoms with Gasteiger partial charge in [-0.1, -0.05) is 46.6 Å². The Morgan fingerprint density at radius 3 is 1.62 bits per heavy atom. The van der Waals surface area contributed by atoms with Crippen LogP contribution in [-0.4, -0.2) is 18.1 Å². The maximum atomic E-state index is 5.50. The third kappa shape index (κ3) is 16.1. The van der Waals surface area contributed by atoms with Gasteiger partial charge in [0.05, 0.1) is 0 Å². The molecule has 138 valence electrons. The average Bonchev–Trinajstić information content (AvgIpc) is 2.51. The van der Waals surface area contributed by atoms with Crippen molar-refractivity contribution in [3.05, 3.63) is 46.6 Å². The Bertz CT molecular complexity index is 437. The van der Waals surface area contributed by atoms with Crippen LogP contribution in [0.5, 0.6) is 0 Å². The number of hydrogen-bond acceptors (Lipinski definition) is 2. The molecule has 0 heterocycles. The summed E-state index contributed by atoms with van der Waals surface area (Å²) in [6.45, 7) is 11.9. The molecule has 0 saturated heterocycles. The van der Waals surface area contributed by atoms with E-state index in [1.165, 1.54) is 60.8 Å². The van der Waals surface area contributed by atoms with Crippen molar-refractivity contribution in [1.29, 1.82) is 0 Å². The first-order valence-corrected chi connectivity index (χ1v) is 10.5. The summed E-state index contributed by atoms with van der Waals surface area (Å²) in [5.41, 5.74) is 11.5. The van der Waals surface area contributed by atoms with Crippen LogP contribution in [0.15, 0.2) is 46.6 Å². The van der Waals surface area contributed by atoms with Gasteiger partial charge in [-0.15, -0.1) is 0 Å². The fourth-order valence-electron chi connectivity index (χ4n) is 2.36. The second-order valence-corrected chi connectivity index (χ2v) is 8.06. The smallest absolute Gasteiger partial charge is 0.0116 e. The third-order valence-electron chi connectivity index (χ3n) is 3.97. The van der Waals surface area contributed by atoms with Crippen molar-refractivity contribution in [3.8, 4) is 0 Å². The number of thioether (sulfide) groups is 1. The predicted octanol–water partition coefficient (Wildman–Crippen LogP) is 6.82. The van der Waals surface area contributed by atoms with E-state index in [0.29, 0.717) is 0 Å². The zero-order valence-electron chi connectivity index (χ0n) is 16.7.